The van der Waals surface area contributed by atoms with Crippen molar-refractivity contribution in [3.8, 4) is 0 Å². The molecule has 0 spiro atoms. The molecule has 1 aliphatic rings. The van der Waals surface area contributed by atoms with Crippen molar-refractivity contribution in [3.63, 3.8) is 0 Å². The largest absolute Gasteiger partial charge is 0.479 e. The van der Waals surface area contributed by atoms with Crippen molar-refractivity contribution < 1.29 is 30.3 Å². The van der Waals surface area contributed by atoms with Crippen LogP contribution in [0.15, 0.2) is 0 Å². The van der Waals surface area contributed by atoms with Gasteiger partial charge in [0.25, 0.3) is 0 Å². The maximum atomic E-state index is 11.2. The summed E-state index contributed by atoms with van der Waals surface area (Å²) in [5, 5.41) is 48.2. The molecular formula is C7H11O6Si5. The topological polar surface area (TPSA) is 118 Å². The first-order chi connectivity index (χ1) is 8.34. The highest BCUT2D eigenvalue weighted by Crippen LogP contribution is 2.38. The summed E-state index contributed by atoms with van der Waals surface area (Å²) >= 11 is 0. The number of hydrogen-bond donors (Lipinski definition) is 5. The standard InChI is InChI=1S/C7H11O6Si5/c8-2-1-7(13,6(11)12)5(4(10)3(2)9)15-17-18-16-14/h2-5,8-10,13H,1H2,(H,11,12)/t2-,3?,4-,5?,7?/m1/s1. The lowest BCUT2D eigenvalue weighted by atomic mass is 9.79. The number of aliphatic carboxylic acids is 1. The van der Waals surface area contributed by atoms with Gasteiger partial charge in [0.2, 0.25) is 0 Å². The smallest absolute Gasteiger partial charge is 0.335 e. The summed E-state index contributed by atoms with van der Waals surface area (Å²) in [6, 6.07) is 0. The zero-order valence-electron chi connectivity index (χ0n) is 9.16. The number of aliphatic hydroxyl groups is 4. The van der Waals surface area contributed by atoms with Crippen molar-refractivity contribution >= 4 is 50.4 Å². The minimum atomic E-state index is -2.16. The number of aliphatic hydroxyl groups excluding tert-OH is 3. The molecule has 1 saturated carbocycles. The Morgan fingerprint density at radius 3 is 2.33 bits per heavy atom. The Bertz CT molecular complexity index is 306. The van der Waals surface area contributed by atoms with Gasteiger partial charge in [-0.2, -0.15) is 0 Å². The SMILES string of the molecule is O=C(O)C1(O)C[C@@H](O)C(O)[C@@H](O)C1[Si][Si][Si][Si][Si]. The third-order valence-electron chi connectivity index (χ3n) is 2.84. The number of carboxylic acids is 1. The third-order valence-corrected chi connectivity index (χ3v) is 16.8. The van der Waals surface area contributed by atoms with Crippen molar-refractivity contribution in [2.45, 2.75) is 35.9 Å². The van der Waals surface area contributed by atoms with Crippen molar-refractivity contribution in [2.75, 3.05) is 0 Å². The van der Waals surface area contributed by atoms with Gasteiger partial charge in [-0.15, -0.1) is 0 Å². The van der Waals surface area contributed by atoms with Crippen molar-refractivity contribution in [2.24, 2.45) is 0 Å². The van der Waals surface area contributed by atoms with Gasteiger partial charge in [-0.1, -0.05) is 0 Å². The second-order valence-corrected chi connectivity index (χ2v) is 15.5. The maximum absolute atomic E-state index is 11.2. The molecule has 6 nitrogen and oxygen atoms in total. The molecule has 0 aromatic rings. The highest BCUT2D eigenvalue weighted by atomic mass is 29.8. The minimum Gasteiger partial charge on any atom is -0.479 e. The number of carboxylic acid groups (broad SMARTS) is 1. The molecule has 0 bridgehead atoms. The first-order valence-electron chi connectivity index (χ1n) is 5.02. The summed E-state index contributed by atoms with van der Waals surface area (Å²) < 4.78 is 0. The second kappa shape index (κ2) is 6.71. The molecule has 3 unspecified atom stereocenters. The van der Waals surface area contributed by atoms with Gasteiger partial charge in [0.15, 0.2) is 5.60 Å². The van der Waals surface area contributed by atoms with Crippen LogP contribution in [0.5, 0.6) is 0 Å². The molecule has 1 aliphatic carbocycles. The first-order valence-corrected chi connectivity index (χ1v) is 13.6. The first kappa shape index (κ1) is 16.4. The Hall–Kier alpha value is 0.394. The van der Waals surface area contributed by atoms with E-state index in [0.717, 1.165) is 0 Å². The summed E-state index contributed by atoms with van der Waals surface area (Å²) in [7, 11) is 4.99. The number of hydrogen-bond acceptors (Lipinski definition) is 5. The van der Waals surface area contributed by atoms with Gasteiger partial charge in [0.05, 0.1) is 12.2 Å². The molecule has 95 valence electrons. The van der Waals surface area contributed by atoms with Crippen LogP contribution < -0.4 is 0 Å². The maximum Gasteiger partial charge on any atom is 0.335 e. The van der Waals surface area contributed by atoms with E-state index in [2.05, 4.69) is 9.76 Å². The molecule has 0 aliphatic heterocycles. The van der Waals surface area contributed by atoms with E-state index in [1.54, 1.807) is 0 Å². The Morgan fingerprint density at radius 2 is 1.83 bits per heavy atom. The lowest BCUT2D eigenvalue weighted by Crippen LogP contribution is -2.62. The molecule has 11 radical (unpaired) electrons. The molecular weight excluding hydrogens is 321 g/mol. The summed E-state index contributed by atoms with van der Waals surface area (Å²) in [5.41, 5.74) is -3.09. The molecule has 0 aromatic heterocycles. The number of carbonyl (C=O) groups is 1. The van der Waals surface area contributed by atoms with Gasteiger partial charge in [-0.05, 0) is 0 Å². The predicted molar refractivity (Wildman–Crippen MR) is 67.7 cm³/mol. The van der Waals surface area contributed by atoms with E-state index < -0.39 is 41.8 Å². The van der Waals surface area contributed by atoms with Gasteiger partial charge in [-0.3, -0.25) is 0 Å². The van der Waals surface area contributed by atoms with Crippen LogP contribution in [0.1, 0.15) is 6.42 Å². The van der Waals surface area contributed by atoms with Crippen LogP contribution in [0.3, 0.4) is 0 Å². The highest BCUT2D eigenvalue weighted by Gasteiger charge is 2.55. The summed E-state index contributed by atoms with van der Waals surface area (Å²) in [4.78, 5) is 11.2. The highest BCUT2D eigenvalue weighted by molar-refractivity contribution is 7.51. The molecule has 0 amide bonds. The van der Waals surface area contributed by atoms with E-state index in [4.69, 9.17) is 5.11 Å². The van der Waals surface area contributed by atoms with Crippen LogP contribution in [0.2, 0.25) is 5.54 Å². The van der Waals surface area contributed by atoms with Crippen molar-refractivity contribution in [1.82, 2.24) is 0 Å². The molecule has 18 heavy (non-hydrogen) atoms. The van der Waals surface area contributed by atoms with E-state index in [0.29, 0.717) is 25.7 Å². The number of rotatable bonds is 5. The summed E-state index contributed by atoms with van der Waals surface area (Å²) in [6.07, 6.45) is -4.70. The van der Waals surface area contributed by atoms with E-state index in [9.17, 15) is 25.2 Å². The molecule has 1 fully saturated rings. The van der Waals surface area contributed by atoms with Crippen molar-refractivity contribution in [1.29, 1.82) is 0 Å². The third kappa shape index (κ3) is 3.28. The van der Waals surface area contributed by atoms with Crippen LogP contribution in [0, 0.1) is 0 Å². The minimum absolute atomic E-state index is 0.0524. The van der Waals surface area contributed by atoms with E-state index in [1.165, 1.54) is 0 Å². The monoisotopic (exact) mass is 331 g/mol. The van der Waals surface area contributed by atoms with Crippen LogP contribution in [-0.2, 0) is 4.79 Å². The summed E-state index contributed by atoms with van der Waals surface area (Å²) in [6.45, 7) is 0. The average Bonchev–Trinajstić information content (AvgIpc) is 2.30. The molecule has 0 heterocycles. The quantitative estimate of drug-likeness (QED) is 0.257. The van der Waals surface area contributed by atoms with Crippen LogP contribution in [0.25, 0.3) is 0 Å². The fourth-order valence-electron chi connectivity index (χ4n) is 1.84. The van der Waals surface area contributed by atoms with Crippen LogP contribution >= 0.6 is 0 Å². The van der Waals surface area contributed by atoms with Gasteiger partial charge in [0.1, 0.15) is 6.10 Å². The Kier molecular flexibility index (Phi) is 6.13. The van der Waals surface area contributed by atoms with Gasteiger partial charge in [0, 0.05) is 56.4 Å². The van der Waals surface area contributed by atoms with Crippen LogP contribution in [-0.4, -0.2) is 99.9 Å². The summed E-state index contributed by atoms with van der Waals surface area (Å²) in [5.74, 6) is -1.46. The second-order valence-electron chi connectivity index (χ2n) is 3.98. The molecule has 1 rings (SSSR count). The normalized spacial score (nSPS) is 40.7. The zero-order valence-corrected chi connectivity index (χ0v) is 14.2. The Morgan fingerprint density at radius 1 is 1.22 bits per heavy atom. The predicted octanol–water partition coefficient (Wildman–Crippen LogP) is -4.28. The lowest BCUT2D eigenvalue weighted by Gasteiger charge is -2.44. The molecule has 0 aromatic carbocycles. The Labute approximate surface area is 117 Å². The Balaban J connectivity index is 2.86. The fourth-order valence-corrected chi connectivity index (χ4v) is 16.4. The van der Waals surface area contributed by atoms with E-state index >= 15 is 0 Å². The molecule has 0 saturated heterocycles. The molecule has 11 heteroatoms. The fraction of sp³-hybridized carbons (Fsp3) is 0.857. The van der Waals surface area contributed by atoms with Crippen molar-refractivity contribution in [3.05, 3.63) is 0 Å². The van der Waals surface area contributed by atoms with Gasteiger partial charge < -0.3 is 25.5 Å². The molecule has 5 atom stereocenters. The lowest BCUT2D eigenvalue weighted by molar-refractivity contribution is -0.186. The van der Waals surface area contributed by atoms with Gasteiger partial charge >= 0.3 is 5.97 Å². The van der Waals surface area contributed by atoms with Gasteiger partial charge in [-0.25, -0.2) is 4.79 Å². The van der Waals surface area contributed by atoms with E-state index in [-0.39, 0.29) is 9.04 Å². The zero-order chi connectivity index (χ0) is 13.9. The molecule has 5 N–H and O–H groups in total. The van der Waals surface area contributed by atoms with Crippen LogP contribution in [0.4, 0.5) is 0 Å². The van der Waals surface area contributed by atoms with E-state index in [1.807, 2.05) is 0 Å². The average molecular weight is 332 g/mol.